The highest BCUT2D eigenvalue weighted by atomic mass is 19.1. The number of halogens is 1. The van der Waals surface area contributed by atoms with Gasteiger partial charge in [0.25, 0.3) is 0 Å². The maximum atomic E-state index is 13.4. The smallest absolute Gasteiger partial charge is 0.299 e. The largest absolute Gasteiger partial charge is 0.304 e. The molecule has 4 nitrogen and oxygen atoms in total. The Morgan fingerprint density at radius 3 is 2.63 bits per heavy atom. The van der Waals surface area contributed by atoms with E-state index in [2.05, 4.69) is 0 Å². The summed E-state index contributed by atoms with van der Waals surface area (Å²) in [5.74, 6) is -0.435. The molecule has 0 heterocycles. The van der Waals surface area contributed by atoms with Gasteiger partial charge in [-0.1, -0.05) is 18.9 Å². The summed E-state index contributed by atoms with van der Waals surface area (Å²) in [7, 11) is 0. The molecule has 2 rings (SSSR count). The average Bonchev–Trinajstić information content (AvgIpc) is 2.89. The van der Waals surface area contributed by atoms with Gasteiger partial charge in [0.05, 0.1) is 4.92 Å². The maximum Gasteiger partial charge on any atom is 0.304 e. The van der Waals surface area contributed by atoms with Gasteiger partial charge in [-0.2, -0.15) is 4.39 Å². The molecule has 102 valence electrons. The minimum absolute atomic E-state index is 0.169. The van der Waals surface area contributed by atoms with Crippen molar-refractivity contribution < 1.29 is 14.1 Å². The lowest BCUT2D eigenvalue weighted by Gasteiger charge is -2.07. The summed E-state index contributed by atoms with van der Waals surface area (Å²) in [6, 6.07) is 3.83. The van der Waals surface area contributed by atoms with Crippen molar-refractivity contribution in [2.75, 3.05) is 0 Å². The molecule has 1 aliphatic rings. The minimum atomic E-state index is -0.837. The van der Waals surface area contributed by atoms with Crippen LogP contribution in [0.4, 0.5) is 10.1 Å². The van der Waals surface area contributed by atoms with E-state index in [0.29, 0.717) is 18.4 Å². The van der Waals surface area contributed by atoms with Crippen molar-refractivity contribution in [1.82, 2.24) is 0 Å². The van der Waals surface area contributed by atoms with Gasteiger partial charge in [0, 0.05) is 18.4 Å². The van der Waals surface area contributed by atoms with Crippen molar-refractivity contribution in [2.24, 2.45) is 5.92 Å². The summed E-state index contributed by atoms with van der Waals surface area (Å²) in [5.41, 5.74) is 0.111. The molecule has 0 radical (unpaired) electrons. The van der Waals surface area contributed by atoms with Crippen LogP contribution in [0.15, 0.2) is 18.2 Å². The lowest BCUT2D eigenvalue weighted by atomic mass is 9.97. The van der Waals surface area contributed by atoms with E-state index in [1.54, 1.807) is 0 Å². The molecule has 0 unspecified atom stereocenters. The van der Waals surface area contributed by atoms with Gasteiger partial charge in [-0.05, 0) is 30.9 Å². The van der Waals surface area contributed by atoms with Crippen LogP contribution in [-0.4, -0.2) is 10.7 Å². The first kappa shape index (κ1) is 13.6. The number of benzene rings is 1. The van der Waals surface area contributed by atoms with Crippen LogP contribution in [0.2, 0.25) is 0 Å². The number of ketones is 1. The van der Waals surface area contributed by atoms with E-state index in [0.717, 1.165) is 37.8 Å². The Morgan fingerprint density at radius 1 is 1.37 bits per heavy atom. The zero-order valence-corrected chi connectivity index (χ0v) is 10.6. The van der Waals surface area contributed by atoms with Crippen molar-refractivity contribution in [3.05, 3.63) is 39.7 Å². The van der Waals surface area contributed by atoms with Gasteiger partial charge in [-0.25, -0.2) is 0 Å². The number of nitro benzene ring substituents is 1. The van der Waals surface area contributed by atoms with E-state index in [4.69, 9.17) is 0 Å². The SMILES string of the molecule is O=C(CCc1ccc([N+](=O)[O-])c(F)c1)C1CCCC1. The van der Waals surface area contributed by atoms with Crippen molar-refractivity contribution >= 4 is 11.5 Å². The molecule has 0 bridgehead atoms. The third kappa shape index (κ3) is 3.36. The zero-order chi connectivity index (χ0) is 13.8. The standard InChI is InChI=1S/C14H16FNO3/c15-12-9-10(5-7-13(12)16(18)19)6-8-14(17)11-3-1-2-4-11/h5,7,9,11H,1-4,6,8H2. The monoisotopic (exact) mass is 265 g/mol. The number of carbonyl (C=O) groups excluding carboxylic acids is 1. The Balaban J connectivity index is 1.94. The fraction of sp³-hybridized carbons (Fsp3) is 0.500. The summed E-state index contributed by atoms with van der Waals surface area (Å²) in [6.07, 6.45) is 5.00. The van der Waals surface area contributed by atoms with Crippen LogP contribution in [0.5, 0.6) is 0 Å². The highest BCUT2D eigenvalue weighted by molar-refractivity contribution is 5.81. The van der Waals surface area contributed by atoms with Gasteiger partial charge in [0.2, 0.25) is 5.82 Å². The highest BCUT2D eigenvalue weighted by Crippen LogP contribution is 2.27. The number of Topliss-reactive ketones (excluding diaryl/α,β-unsaturated/α-hetero) is 1. The average molecular weight is 265 g/mol. The second-order valence-corrected chi connectivity index (χ2v) is 4.99. The molecule has 1 aromatic rings. The molecule has 1 aromatic carbocycles. The van der Waals surface area contributed by atoms with Gasteiger partial charge >= 0.3 is 5.69 Å². The molecule has 1 fully saturated rings. The van der Waals surface area contributed by atoms with E-state index in [1.807, 2.05) is 0 Å². The number of nitrogens with zero attached hydrogens (tertiary/aromatic N) is 1. The number of nitro groups is 1. The molecule has 1 saturated carbocycles. The topological polar surface area (TPSA) is 60.2 Å². The lowest BCUT2D eigenvalue weighted by molar-refractivity contribution is -0.387. The van der Waals surface area contributed by atoms with Crippen molar-refractivity contribution in [3.63, 3.8) is 0 Å². The first-order valence-corrected chi connectivity index (χ1v) is 6.53. The van der Waals surface area contributed by atoms with Crippen molar-refractivity contribution in [1.29, 1.82) is 0 Å². The predicted octanol–water partition coefficient (Wildman–Crippen LogP) is 3.43. The molecular formula is C14H16FNO3. The fourth-order valence-electron chi connectivity index (χ4n) is 2.57. The molecule has 0 aromatic heterocycles. The number of hydrogen-bond donors (Lipinski definition) is 0. The van der Waals surface area contributed by atoms with Gasteiger partial charge in [-0.3, -0.25) is 14.9 Å². The predicted molar refractivity (Wildman–Crippen MR) is 68.3 cm³/mol. The van der Waals surface area contributed by atoms with Gasteiger partial charge in [0.15, 0.2) is 0 Å². The fourth-order valence-corrected chi connectivity index (χ4v) is 2.57. The number of aryl methyl sites for hydroxylation is 1. The van der Waals surface area contributed by atoms with Crippen LogP contribution in [0.1, 0.15) is 37.7 Å². The van der Waals surface area contributed by atoms with Gasteiger partial charge < -0.3 is 0 Å². The summed E-state index contributed by atoms with van der Waals surface area (Å²) in [5, 5.41) is 10.5. The minimum Gasteiger partial charge on any atom is -0.299 e. The maximum absolute atomic E-state index is 13.4. The van der Waals surface area contributed by atoms with Crippen LogP contribution in [0.25, 0.3) is 0 Å². The summed E-state index contributed by atoms with van der Waals surface area (Å²) in [6.45, 7) is 0. The Kier molecular flexibility index (Phi) is 4.24. The van der Waals surface area contributed by atoms with E-state index in [1.165, 1.54) is 6.07 Å². The molecule has 1 aliphatic carbocycles. The highest BCUT2D eigenvalue weighted by Gasteiger charge is 2.22. The van der Waals surface area contributed by atoms with Gasteiger partial charge in [0.1, 0.15) is 5.78 Å². The number of carbonyl (C=O) groups is 1. The van der Waals surface area contributed by atoms with E-state index in [9.17, 15) is 19.3 Å². The van der Waals surface area contributed by atoms with E-state index in [-0.39, 0.29) is 11.7 Å². The summed E-state index contributed by atoms with van der Waals surface area (Å²) < 4.78 is 13.4. The second kappa shape index (κ2) is 5.91. The van der Waals surface area contributed by atoms with Crippen LogP contribution < -0.4 is 0 Å². The Hall–Kier alpha value is -1.78. The Morgan fingerprint density at radius 2 is 2.05 bits per heavy atom. The molecule has 5 heteroatoms. The summed E-state index contributed by atoms with van der Waals surface area (Å²) in [4.78, 5) is 21.6. The second-order valence-electron chi connectivity index (χ2n) is 4.99. The first-order valence-electron chi connectivity index (χ1n) is 6.53. The molecule has 0 spiro atoms. The van der Waals surface area contributed by atoms with Crippen LogP contribution >= 0.6 is 0 Å². The zero-order valence-electron chi connectivity index (χ0n) is 10.6. The third-order valence-corrected chi connectivity index (χ3v) is 3.68. The number of hydrogen-bond acceptors (Lipinski definition) is 3. The van der Waals surface area contributed by atoms with E-state index < -0.39 is 16.4 Å². The summed E-state index contributed by atoms with van der Waals surface area (Å²) >= 11 is 0. The number of rotatable bonds is 5. The molecule has 0 amide bonds. The molecule has 0 aliphatic heterocycles. The van der Waals surface area contributed by atoms with Crippen molar-refractivity contribution in [3.8, 4) is 0 Å². The Bertz CT molecular complexity index is 495. The first-order chi connectivity index (χ1) is 9.08. The lowest BCUT2D eigenvalue weighted by Crippen LogP contribution is -2.11. The molecular weight excluding hydrogens is 249 g/mol. The van der Waals surface area contributed by atoms with E-state index >= 15 is 0 Å². The van der Waals surface area contributed by atoms with Gasteiger partial charge in [-0.15, -0.1) is 0 Å². The molecule has 0 saturated heterocycles. The molecule has 19 heavy (non-hydrogen) atoms. The van der Waals surface area contributed by atoms with Crippen LogP contribution in [0.3, 0.4) is 0 Å². The molecule has 0 atom stereocenters. The van der Waals surface area contributed by atoms with Crippen LogP contribution in [-0.2, 0) is 11.2 Å². The molecule has 0 N–H and O–H groups in total. The van der Waals surface area contributed by atoms with Crippen LogP contribution in [0, 0.1) is 21.8 Å². The van der Waals surface area contributed by atoms with Crippen molar-refractivity contribution in [2.45, 2.75) is 38.5 Å². The normalized spacial score (nSPS) is 15.6. The Labute approximate surface area is 110 Å². The third-order valence-electron chi connectivity index (χ3n) is 3.68. The quantitative estimate of drug-likeness (QED) is 0.605.